The molecule has 1 rings (SSSR count). The van der Waals surface area contributed by atoms with E-state index in [9.17, 15) is 9.59 Å². The molecule has 11 heavy (non-hydrogen) atoms. The zero-order valence-corrected chi connectivity index (χ0v) is 7.10. The van der Waals surface area contributed by atoms with Gasteiger partial charge in [-0.3, -0.25) is 14.9 Å². The minimum absolute atomic E-state index is 0.123. The molecule has 0 bridgehead atoms. The van der Waals surface area contributed by atoms with E-state index in [1.807, 2.05) is 6.92 Å². The van der Waals surface area contributed by atoms with E-state index >= 15 is 0 Å². The van der Waals surface area contributed by atoms with Crippen LogP contribution in [0.2, 0.25) is 0 Å². The van der Waals surface area contributed by atoms with E-state index in [-0.39, 0.29) is 17.7 Å². The molecular formula is C8H13NO2. The number of hydrogen-bond acceptors (Lipinski definition) is 2. The van der Waals surface area contributed by atoms with E-state index in [1.54, 1.807) is 13.8 Å². The number of amides is 2. The average molecular weight is 155 g/mol. The van der Waals surface area contributed by atoms with Crippen molar-refractivity contribution in [2.45, 2.75) is 27.2 Å². The van der Waals surface area contributed by atoms with E-state index in [4.69, 9.17) is 0 Å². The summed E-state index contributed by atoms with van der Waals surface area (Å²) in [5, 5.41) is 2.33. The van der Waals surface area contributed by atoms with Crippen LogP contribution in [0.15, 0.2) is 0 Å². The Bertz CT molecular complexity index is 208. The van der Waals surface area contributed by atoms with Crippen LogP contribution in [0.1, 0.15) is 27.2 Å². The van der Waals surface area contributed by atoms with Crippen molar-refractivity contribution >= 4 is 11.8 Å². The van der Waals surface area contributed by atoms with Gasteiger partial charge in [0, 0.05) is 0 Å². The Labute approximate surface area is 66.2 Å². The summed E-state index contributed by atoms with van der Waals surface area (Å²) in [6, 6.07) is 0. The predicted octanol–water partition coefficient (Wildman–Crippen LogP) is 0.695. The molecule has 62 valence electrons. The van der Waals surface area contributed by atoms with Gasteiger partial charge in [-0.05, 0) is 6.42 Å². The van der Waals surface area contributed by atoms with Gasteiger partial charge in [0.1, 0.15) is 0 Å². The molecule has 1 saturated heterocycles. The Morgan fingerprint density at radius 1 is 1.45 bits per heavy atom. The van der Waals surface area contributed by atoms with Crippen LogP contribution in [0.25, 0.3) is 0 Å². The summed E-state index contributed by atoms with van der Waals surface area (Å²) in [5.74, 6) is -0.410. The Morgan fingerprint density at radius 2 is 2.00 bits per heavy atom. The lowest BCUT2D eigenvalue weighted by atomic mass is 9.80. The molecule has 2 amide bonds. The fourth-order valence-corrected chi connectivity index (χ4v) is 1.54. The van der Waals surface area contributed by atoms with Crippen LogP contribution >= 0.6 is 0 Å². The van der Waals surface area contributed by atoms with Crippen LogP contribution < -0.4 is 5.32 Å². The highest BCUT2D eigenvalue weighted by Gasteiger charge is 2.46. The van der Waals surface area contributed by atoms with E-state index < -0.39 is 5.41 Å². The summed E-state index contributed by atoms with van der Waals surface area (Å²) in [6.07, 6.45) is 0.727. The number of carbonyl (C=O) groups excluding carboxylic acids is 2. The van der Waals surface area contributed by atoms with Gasteiger partial charge >= 0.3 is 0 Å². The van der Waals surface area contributed by atoms with Gasteiger partial charge in [0.2, 0.25) is 11.8 Å². The highest BCUT2D eigenvalue weighted by Crippen LogP contribution is 2.34. The predicted molar refractivity (Wildman–Crippen MR) is 40.7 cm³/mol. The van der Waals surface area contributed by atoms with Crippen molar-refractivity contribution in [2.75, 3.05) is 0 Å². The fraction of sp³-hybridized carbons (Fsp3) is 0.750. The largest absolute Gasteiger partial charge is 0.296 e. The minimum Gasteiger partial charge on any atom is -0.296 e. The van der Waals surface area contributed by atoms with Crippen molar-refractivity contribution in [2.24, 2.45) is 11.3 Å². The molecule has 0 aromatic heterocycles. The molecule has 1 aliphatic rings. The third-order valence-electron chi connectivity index (χ3n) is 2.42. The standard InChI is InChI=1S/C8H13NO2/c1-4-5-6(10)9-7(11)8(5,2)3/h5H,4H2,1-3H3,(H,9,10,11). The van der Waals surface area contributed by atoms with Crippen molar-refractivity contribution < 1.29 is 9.59 Å². The van der Waals surface area contributed by atoms with Gasteiger partial charge in [-0.15, -0.1) is 0 Å². The van der Waals surface area contributed by atoms with Crippen molar-refractivity contribution in [3.8, 4) is 0 Å². The molecule has 3 nitrogen and oxygen atoms in total. The lowest BCUT2D eigenvalue weighted by Gasteiger charge is -2.19. The Kier molecular flexibility index (Phi) is 1.74. The summed E-state index contributed by atoms with van der Waals surface area (Å²) in [6.45, 7) is 5.54. The number of rotatable bonds is 1. The minimum atomic E-state index is -0.508. The third kappa shape index (κ3) is 1.04. The normalized spacial score (nSPS) is 28.8. The maximum atomic E-state index is 11.1. The number of imide groups is 1. The van der Waals surface area contributed by atoms with Crippen LogP contribution in [0.4, 0.5) is 0 Å². The van der Waals surface area contributed by atoms with Gasteiger partial charge in [0.15, 0.2) is 0 Å². The second-order valence-electron chi connectivity index (χ2n) is 3.50. The Hall–Kier alpha value is -0.860. The molecule has 0 radical (unpaired) electrons. The highest BCUT2D eigenvalue weighted by molar-refractivity contribution is 6.06. The molecular weight excluding hydrogens is 142 g/mol. The molecule has 1 N–H and O–H groups in total. The van der Waals surface area contributed by atoms with E-state index in [2.05, 4.69) is 5.32 Å². The first-order valence-electron chi connectivity index (χ1n) is 3.85. The molecule has 0 aromatic carbocycles. The number of hydrogen-bond donors (Lipinski definition) is 1. The van der Waals surface area contributed by atoms with Gasteiger partial charge in [0.05, 0.1) is 11.3 Å². The molecule has 0 saturated carbocycles. The van der Waals surface area contributed by atoms with Crippen LogP contribution in [0.5, 0.6) is 0 Å². The van der Waals surface area contributed by atoms with Crippen LogP contribution in [-0.2, 0) is 9.59 Å². The van der Waals surface area contributed by atoms with Gasteiger partial charge in [-0.1, -0.05) is 20.8 Å². The van der Waals surface area contributed by atoms with E-state index in [0.717, 1.165) is 6.42 Å². The highest BCUT2D eigenvalue weighted by atomic mass is 16.2. The molecule has 1 heterocycles. The molecule has 3 heteroatoms. The fourth-order valence-electron chi connectivity index (χ4n) is 1.54. The van der Waals surface area contributed by atoms with Gasteiger partial charge < -0.3 is 0 Å². The molecule has 1 unspecified atom stereocenters. The monoisotopic (exact) mass is 155 g/mol. The molecule has 1 atom stereocenters. The Morgan fingerprint density at radius 3 is 2.18 bits per heavy atom. The Balaban J connectivity index is 2.93. The molecule has 0 aliphatic carbocycles. The smallest absolute Gasteiger partial charge is 0.233 e. The molecule has 1 aliphatic heterocycles. The first kappa shape index (κ1) is 8.24. The maximum Gasteiger partial charge on any atom is 0.233 e. The van der Waals surface area contributed by atoms with E-state index in [1.165, 1.54) is 0 Å². The number of carbonyl (C=O) groups is 2. The lowest BCUT2D eigenvalue weighted by molar-refractivity contribution is -0.127. The zero-order chi connectivity index (χ0) is 8.65. The summed E-state index contributed by atoms with van der Waals surface area (Å²) in [4.78, 5) is 22.2. The van der Waals surface area contributed by atoms with E-state index in [0.29, 0.717) is 0 Å². The second-order valence-corrected chi connectivity index (χ2v) is 3.50. The maximum absolute atomic E-state index is 11.1. The van der Waals surface area contributed by atoms with Crippen molar-refractivity contribution in [1.29, 1.82) is 0 Å². The second kappa shape index (κ2) is 2.32. The third-order valence-corrected chi connectivity index (χ3v) is 2.42. The van der Waals surface area contributed by atoms with Crippen LogP contribution in [0, 0.1) is 11.3 Å². The van der Waals surface area contributed by atoms with Gasteiger partial charge in [-0.25, -0.2) is 0 Å². The van der Waals surface area contributed by atoms with Gasteiger partial charge in [-0.2, -0.15) is 0 Å². The molecule has 0 aromatic rings. The SMILES string of the molecule is CCC1C(=O)NC(=O)C1(C)C. The summed E-state index contributed by atoms with van der Waals surface area (Å²) in [7, 11) is 0. The lowest BCUT2D eigenvalue weighted by Crippen LogP contribution is -2.28. The van der Waals surface area contributed by atoms with Crippen LogP contribution in [0.3, 0.4) is 0 Å². The van der Waals surface area contributed by atoms with Crippen molar-refractivity contribution in [3.63, 3.8) is 0 Å². The summed E-state index contributed by atoms with van der Waals surface area (Å²) in [5.41, 5.74) is -0.508. The number of nitrogens with one attached hydrogen (secondary N) is 1. The molecule has 0 spiro atoms. The topological polar surface area (TPSA) is 46.2 Å². The first-order valence-corrected chi connectivity index (χ1v) is 3.85. The summed E-state index contributed by atoms with van der Waals surface area (Å²) >= 11 is 0. The van der Waals surface area contributed by atoms with Crippen LogP contribution in [-0.4, -0.2) is 11.8 Å². The van der Waals surface area contributed by atoms with Crippen molar-refractivity contribution in [1.82, 2.24) is 5.32 Å². The quantitative estimate of drug-likeness (QED) is 0.566. The zero-order valence-electron chi connectivity index (χ0n) is 7.10. The van der Waals surface area contributed by atoms with Crippen molar-refractivity contribution in [3.05, 3.63) is 0 Å². The summed E-state index contributed by atoms with van der Waals surface area (Å²) < 4.78 is 0. The van der Waals surface area contributed by atoms with Gasteiger partial charge in [0.25, 0.3) is 0 Å². The first-order chi connectivity index (χ1) is 5.00. The molecule has 1 fully saturated rings. The average Bonchev–Trinajstić information content (AvgIpc) is 2.04.